The van der Waals surface area contributed by atoms with Crippen LogP contribution in [0.4, 0.5) is 0 Å². The van der Waals surface area contributed by atoms with Gasteiger partial charge < -0.3 is 9.47 Å². The van der Waals surface area contributed by atoms with E-state index < -0.39 is 0 Å². The van der Waals surface area contributed by atoms with Crippen molar-refractivity contribution in [1.29, 1.82) is 0 Å². The number of halogens is 1. The van der Waals surface area contributed by atoms with Crippen molar-refractivity contribution < 1.29 is 9.47 Å². The average molecular weight is 207 g/mol. The second-order valence-corrected chi connectivity index (χ2v) is 3.22. The molecule has 0 radical (unpaired) electrons. The third-order valence-electron chi connectivity index (χ3n) is 1.53. The summed E-state index contributed by atoms with van der Waals surface area (Å²) in [6.45, 7) is 5.61. The summed E-state index contributed by atoms with van der Waals surface area (Å²) >= 11 is 5.71. The van der Waals surface area contributed by atoms with Gasteiger partial charge in [-0.1, -0.05) is 26.7 Å². The zero-order valence-corrected chi connectivity index (χ0v) is 9.27. The van der Waals surface area contributed by atoms with Crippen LogP contribution in [-0.4, -0.2) is 13.2 Å². The van der Waals surface area contributed by atoms with Gasteiger partial charge in [-0.05, 0) is 24.4 Å². The van der Waals surface area contributed by atoms with E-state index in [2.05, 4.69) is 13.8 Å². The van der Waals surface area contributed by atoms with E-state index in [1.165, 1.54) is 6.26 Å². The Kier molecular flexibility index (Phi) is 9.44. The molecule has 0 rings (SSSR count). The van der Waals surface area contributed by atoms with Crippen LogP contribution in [0.5, 0.6) is 0 Å². The van der Waals surface area contributed by atoms with Crippen LogP contribution in [0.2, 0.25) is 0 Å². The SMILES string of the molecule is CCCCO/C=C(/Cl)OCCCC. The number of rotatable bonds is 8. The van der Waals surface area contributed by atoms with Gasteiger partial charge in [0, 0.05) is 0 Å². The summed E-state index contributed by atoms with van der Waals surface area (Å²) in [6.07, 6.45) is 5.80. The van der Waals surface area contributed by atoms with Gasteiger partial charge in [-0.2, -0.15) is 0 Å². The van der Waals surface area contributed by atoms with Gasteiger partial charge in [0.25, 0.3) is 0 Å². The highest BCUT2D eigenvalue weighted by Crippen LogP contribution is 2.05. The van der Waals surface area contributed by atoms with Gasteiger partial charge >= 0.3 is 0 Å². The molecule has 0 amide bonds. The first-order chi connectivity index (χ1) is 6.31. The van der Waals surface area contributed by atoms with Gasteiger partial charge in [-0.3, -0.25) is 0 Å². The van der Waals surface area contributed by atoms with Crippen molar-refractivity contribution in [3.63, 3.8) is 0 Å². The molecule has 3 heteroatoms. The molecule has 0 spiro atoms. The molecule has 0 N–H and O–H groups in total. The Morgan fingerprint density at radius 1 is 1.15 bits per heavy atom. The molecule has 78 valence electrons. The molecule has 2 nitrogen and oxygen atoms in total. The van der Waals surface area contributed by atoms with Crippen molar-refractivity contribution in [2.24, 2.45) is 0 Å². The monoisotopic (exact) mass is 206 g/mol. The highest BCUT2D eigenvalue weighted by molar-refractivity contribution is 6.28. The van der Waals surface area contributed by atoms with Crippen LogP contribution in [0.25, 0.3) is 0 Å². The van der Waals surface area contributed by atoms with Crippen molar-refractivity contribution in [3.05, 3.63) is 11.5 Å². The van der Waals surface area contributed by atoms with Gasteiger partial charge in [0.2, 0.25) is 5.22 Å². The molecule has 0 saturated heterocycles. The van der Waals surface area contributed by atoms with Crippen LogP contribution in [0.15, 0.2) is 11.5 Å². The summed E-state index contributed by atoms with van der Waals surface area (Å²) in [5.41, 5.74) is 0. The maximum absolute atomic E-state index is 5.71. The Balaban J connectivity index is 3.29. The molecule has 0 atom stereocenters. The fourth-order valence-electron chi connectivity index (χ4n) is 0.700. The minimum atomic E-state index is 0.351. The zero-order valence-electron chi connectivity index (χ0n) is 8.51. The molecule has 0 heterocycles. The summed E-state index contributed by atoms with van der Waals surface area (Å²) in [5.74, 6) is 0. The predicted molar refractivity (Wildman–Crippen MR) is 55.7 cm³/mol. The van der Waals surface area contributed by atoms with Crippen molar-refractivity contribution in [2.45, 2.75) is 39.5 Å². The van der Waals surface area contributed by atoms with E-state index in [1.54, 1.807) is 0 Å². The third kappa shape index (κ3) is 9.54. The van der Waals surface area contributed by atoms with Crippen LogP contribution in [0.1, 0.15) is 39.5 Å². The maximum Gasteiger partial charge on any atom is 0.222 e. The van der Waals surface area contributed by atoms with Crippen LogP contribution >= 0.6 is 11.6 Å². The summed E-state index contributed by atoms with van der Waals surface area (Å²) in [6, 6.07) is 0. The topological polar surface area (TPSA) is 18.5 Å². The highest BCUT2D eigenvalue weighted by Gasteiger charge is 1.92. The van der Waals surface area contributed by atoms with Crippen LogP contribution in [0, 0.1) is 0 Å². The Morgan fingerprint density at radius 2 is 1.77 bits per heavy atom. The van der Waals surface area contributed by atoms with Crippen LogP contribution in [0.3, 0.4) is 0 Å². The van der Waals surface area contributed by atoms with E-state index in [-0.39, 0.29) is 0 Å². The van der Waals surface area contributed by atoms with Gasteiger partial charge in [0.15, 0.2) is 0 Å². The largest absolute Gasteiger partial charge is 0.496 e. The molecule has 0 aliphatic heterocycles. The normalized spacial score (nSPS) is 11.5. The first-order valence-corrected chi connectivity index (χ1v) is 5.29. The predicted octanol–water partition coefficient (Wildman–Crippen LogP) is 3.66. The number of ether oxygens (including phenoxy) is 2. The van der Waals surface area contributed by atoms with E-state index in [1.807, 2.05) is 0 Å². The molecule has 0 aromatic carbocycles. The second kappa shape index (κ2) is 9.72. The minimum absolute atomic E-state index is 0.351. The van der Waals surface area contributed by atoms with E-state index >= 15 is 0 Å². The molecular weight excluding hydrogens is 188 g/mol. The number of hydrogen-bond acceptors (Lipinski definition) is 2. The highest BCUT2D eigenvalue weighted by atomic mass is 35.5. The van der Waals surface area contributed by atoms with Gasteiger partial charge in [-0.15, -0.1) is 0 Å². The molecule has 0 fully saturated rings. The van der Waals surface area contributed by atoms with E-state index in [0.717, 1.165) is 25.7 Å². The lowest BCUT2D eigenvalue weighted by molar-refractivity contribution is 0.190. The fraction of sp³-hybridized carbons (Fsp3) is 0.800. The average Bonchev–Trinajstić information content (AvgIpc) is 2.13. The smallest absolute Gasteiger partial charge is 0.222 e. The maximum atomic E-state index is 5.71. The molecular formula is C10H19ClO2. The molecule has 13 heavy (non-hydrogen) atoms. The van der Waals surface area contributed by atoms with E-state index in [0.29, 0.717) is 18.4 Å². The molecule has 0 saturated carbocycles. The lowest BCUT2D eigenvalue weighted by Gasteiger charge is -2.03. The quantitative estimate of drug-likeness (QED) is 0.446. The third-order valence-corrected chi connectivity index (χ3v) is 1.73. The fourth-order valence-corrected chi connectivity index (χ4v) is 0.840. The first-order valence-electron chi connectivity index (χ1n) is 4.91. The Labute approximate surface area is 85.9 Å². The van der Waals surface area contributed by atoms with Gasteiger partial charge in [-0.25, -0.2) is 0 Å². The number of hydrogen-bond donors (Lipinski definition) is 0. The zero-order chi connectivity index (χ0) is 9.94. The molecule has 0 unspecified atom stereocenters. The summed E-state index contributed by atoms with van der Waals surface area (Å²) in [5, 5.41) is 0.351. The van der Waals surface area contributed by atoms with Gasteiger partial charge in [0.05, 0.1) is 13.2 Å². The first kappa shape index (κ1) is 12.6. The molecule has 0 bridgehead atoms. The molecule has 0 aliphatic rings. The van der Waals surface area contributed by atoms with Crippen molar-refractivity contribution in [3.8, 4) is 0 Å². The van der Waals surface area contributed by atoms with Crippen LogP contribution in [-0.2, 0) is 9.47 Å². The Bertz CT molecular complexity index is 135. The van der Waals surface area contributed by atoms with Crippen molar-refractivity contribution in [1.82, 2.24) is 0 Å². The minimum Gasteiger partial charge on any atom is -0.496 e. The standard InChI is InChI=1S/C10H19ClO2/c1-3-5-7-12-9-10(11)13-8-6-4-2/h9H,3-8H2,1-2H3/b10-9-. The van der Waals surface area contributed by atoms with E-state index in [9.17, 15) is 0 Å². The van der Waals surface area contributed by atoms with Crippen LogP contribution < -0.4 is 0 Å². The summed E-state index contributed by atoms with van der Waals surface area (Å²) < 4.78 is 10.3. The Hall–Kier alpha value is -0.370. The lowest BCUT2D eigenvalue weighted by Crippen LogP contribution is -1.92. The molecule has 0 aromatic rings. The van der Waals surface area contributed by atoms with E-state index in [4.69, 9.17) is 21.1 Å². The molecule has 0 aromatic heterocycles. The number of unbranched alkanes of at least 4 members (excludes halogenated alkanes) is 2. The second-order valence-electron chi connectivity index (χ2n) is 2.85. The van der Waals surface area contributed by atoms with Crippen molar-refractivity contribution >= 4 is 11.6 Å². The Morgan fingerprint density at radius 3 is 2.38 bits per heavy atom. The van der Waals surface area contributed by atoms with Gasteiger partial charge in [0.1, 0.15) is 6.26 Å². The molecule has 0 aliphatic carbocycles. The summed E-state index contributed by atoms with van der Waals surface area (Å²) in [4.78, 5) is 0. The summed E-state index contributed by atoms with van der Waals surface area (Å²) in [7, 11) is 0. The lowest BCUT2D eigenvalue weighted by atomic mass is 10.4. The van der Waals surface area contributed by atoms with Crippen molar-refractivity contribution in [2.75, 3.05) is 13.2 Å².